The molecule has 3 heterocycles. The van der Waals surface area contributed by atoms with Crippen LogP contribution >= 0.6 is 0 Å². The van der Waals surface area contributed by atoms with E-state index < -0.39 is 0 Å². The van der Waals surface area contributed by atoms with Gasteiger partial charge >= 0.3 is 0 Å². The van der Waals surface area contributed by atoms with Gasteiger partial charge in [-0.1, -0.05) is 6.07 Å². The minimum atomic E-state index is -0.342. The minimum absolute atomic E-state index is 0.0481. The monoisotopic (exact) mass is 391 g/mol. The molecular formula is C21H21N5O3. The van der Waals surface area contributed by atoms with Crippen LogP contribution < -0.4 is 15.5 Å². The Labute approximate surface area is 167 Å². The molecule has 0 spiro atoms. The molecule has 0 bridgehead atoms. The standard InChI is InChI=1S/C21H21N5O3/c27-20(15-5-3-11-26(14-15)19-9-2-10-22-25-19)23-16-6-1-7-17(13-16)24-21(28)18-8-4-12-29-18/h1-2,4,6-10,12-13,15H,3,5,11,14H2,(H,23,27)(H,24,28). The summed E-state index contributed by atoms with van der Waals surface area (Å²) in [5, 5.41) is 13.8. The molecule has 8 heteroatoms. The first-order valence-corrected chi connectivity index (χ1v) is 9.47. The fourth-order valence-corrected chi connectivity index (χ4v) is 3.38. The molecule has 148 valence electrons. The quantitative estimate of drug-likeness (QED) is 0.693. The van der Waals surface area contributed by atoms with Gasteiger partial charge in [-0.25, -0.2) is 0 Å². The summed E-state index contributed by atoms with van der Waals surface area (Å²) in [4.78, 5) is 27.0. The Kier molecular flexibility index (Phi) is 5.51. The normalized spacial score (nSPS) is 16.3. The van der Waals surface area contributed by atoms with Crippen LogP contribution in [0.4, 0.5) is 17.2 Å². The maximum absolute atomic E-state index is 12.8. The predicted molar refractivity (Wildman–Crippen MR) is 109 cm³/mol. The van der Waals surface area contributed by atoms with Crippen molar-refractivity contribution in [1.29, 1.82) is 0 Å². The Bertz CT molecular complexity index is 975. The average molecular weight is 391 g/mol. The highest BCUT2D eigenvalue weighted by Gasteiger charge is 2.26. The summed E-state index contributed by atoms with van der Waals surface area (Å²) in [6.07, 6.45) is 4.81. The van der Waals surface area contributed by atoms with E-state index in [1.54, 1.807) is 42.6 Å². The highest BCUT2D eigenvalue weighted by Crippen LogP contribution is 2.23. The van der Waals surface area contributed by atoms with Gasteiger partial charge < -0.3 is 20.0 Å². The molecule has 1 aliphatic heterocycles. The van der Waals surface area contributed by atoms with Crippen LogP contribution in [-0.2, 0) is 4.79 Å². The van der Waals surface area contributed by atoms with Crippen LogP contribution in [0.2, 0.25) is 0 Å². The third-order valence-electron chi connectivity index (χ3n) is 4.81. The van der Waals surface area contributed by atoms with Gasteiger partial charge in [0, 0.05) is 30.7 Å². The first-order valence-electron chi connectivity index (χ1n) is 9.47. The Hall–Kier alpha value is -3.68. The Morgan fingerprint density at radius 1 is 1.07 bits per heavy atom. The number of amides is 2. The van der Waals surface area contributed by atoms with E-state index in [0.717, 1.165) is 25.2 Å². The van der Waals surface area contributed by atoms with Gasteiger partial charge in [0.15, 0.2) is 11.6 Å². The van der Waals surface area contributed by atoms with Gasteiger partial charge in [-0.2, -0.15) is 5.10 Å². The van der Waals surface area contributed by atoms with Crippen LogP contribution in [0.15, 0.2) is 65.4 Å². The minimum Gasteiger partial charge on any atom is -0.459 e. The number of piperidine rings is 1. The smallest absolute Gasteiger partial charge is 0.291 e. The van der Waals surface area contributed by atoms with Gasteiger partial charge in [0.25, 0.3) is 5.91 Å². The summed E-state index contributed by atoms with van der Waals surface area (Å²) >= 11 is 0. The number of aromatic nitrogens is 2. The van der Waals surface area contributed by atoms with E-state index in [2.05, 4.69) is 25.7 Å². The maximum atomic E-state index is 12.8. The van der Waals surface area contributed by atoms with Gasteiger partial charge in [0.1, 0.15) is 0 Å². The van der Waals surface area contributed by atoms with Crippen LogP contribution in [0.5, 0.6) is 0 Å². The van der Waals surface area contributed by atoms with E-state index in [-0.39, 0.29) is 23.5 Å². The van der Waals surface area contributed by atoms with Crippen LogP contribution in [0.3, 0.4) is 0 Å². The molecule has 3 aromatic rings. The largest absolute Gasteiger partial charge is 0.459 e. The molecule has 1 fully saturated rings. The number of hydrogen-bond donors (Lipinski definition) is 2. The van der Waals surface area contributed by atoms with Crippen molar-refractivity contribution in [3.8, 4) is 0 Å². The van der Waals surface area contributed by atoms with E-state index in [4.69, 9.17) is 4.42 Å². The Balaban J connectivity index is 1.38. The number of nitrogens with one attached hydrogen (secondary N) is 2. The molecule has 1 unspecified atom stereocenters. The maximum Gasteiger partial charge on any atom is 0.291 e. The van der Waals surface area contributed by atoms with Crippen molar-refractivity contribution in [1.82, 2.24) is 10.2 Å². The molecular weight excluding hydrogens is 370 g/mol. The second kappa shape index (κ2) is 8.55. The van der Waals surface area contributed by atoms with Crippen molar-refractivity contribution in [2.75, 3.05) is 28.6 Å². The number of carbonyl (C=O) groups excluding carboxylic acids is 2. The van der Waals surface area contributed by atoms with Crippen molar-refractivity contribution < 1.29 is 14.0 Å². The molecule has 1 atom stereocenters. The van der Waals surface area contributed by atoms with Crippen LogP contribution in [-0.4, -0.2) is 35.1 Å². The molecule has 1 aromatic carbocycles. The fourth-order valence-electron chi connectivity index (χ4n) is 3.38. The SMILES string of the molecule is O=C(Nc1cccc(NC(=O)C2CCCN(c3cccnn3)C2)c1)c1ccco1. The van der Waals surface area contributed by atoms with Crippen LogP contribution in [0.1, 0.15) is 23.4 Å². The lowest BCUT2D eigenvalue weighted by Crippen LogP contribution is -2.41. The summed E-state index contributed by atoms with van der Waals surface area (Å²) in [6.45, 7) is 1.45. The summed E-state index contributed by atoms with van der Waals surface area (Å²) in [7, 11) is 0. The average Bonchev–Trinajstić information content (AvgIpc) is 3.30. The molecule has 2 N–H and O–H groups in total. The topological polar surface area (TPSA) is 100 Å². The molecule has 8 nitrogen and oxygen atoms in total. The molecule has 2 aromatic heterocycles. The van der Waals surface area contributed by atoms with E-state index in [9.17, 15) is 9.59 Å². The van der Waals surface area contributed by atoms with Crippen molar-refractivity contribution in [3.05, 3.63) is 66.8 Å². The molecule has 0 radical (unpaired) electrons. The number of rotatable bonds is 5. The van der Waals surface area contributed by atoms with Crippen molar-refractivity contribution >= 4 is 29.0 Å². The lowest BCUT2D eigenvalue weighted by molar-refractivity contribution is -0.120. The van der Waals surface area contributed by atoms with Crippen LogP contribution in [0.25, 0.3) is 0 Å². The number of nitrogens with zero attached hydrogens (tertiary/aromatic N) is 3. The molecule has 29 heavy (non-hydrogen) atoms. The number of furan rings is 1. The summed E-state index contributed by atoms with van der Waals surface area (Å²) in [5.41, 5.74) is 1.21. The van der Waals surface area contributed by atoms with Gasteiger partial charge in [-0.05, 0) is 55.3 Å². The molecule has 0 saturated carbocycles. The fraction of sp³-hybridized carbons (Fsp3) is 0.238. The Morgan fingerprint density at radius 2 is 1.93 bits per heavy atom. The third-order valence-corrected chi connectivity index (χ3v) is 4.81. The highest BCUT2D eigenvalue weighted by molar-refractivity contribution is 6.02. The van der Waals surface area contributed by atoms with E-state index in [0.29, 0.717) is 17.9 Å². The van der Waals surface area contributed by atoms with Gasteiger partial charge in [-0.15, -0.1) is 5.10 Å². The lowest BCUT2D eigenvalue weighted by atomic mass is 9.97. The second-order valence-electron chi connectivity index (χ2n) is 6.87. The molecule has 1 aliphatic rings. The van der Waals surface area contributed by atoms with Crippen LogP contribution in [0, 0.1) is 5.92 Å². The third kappa shape index (κ3) is 4.60. The second-order valence-corrected chi connectivity index (χ2v) is 6.87. The van der Waals surface area contributed by atoms with E-state index in [1.165, 1.54) is 6.26 Å². The number of hydrogen-bond acceptors (Lipinski definition) is 6. The molecule has 1 saturated heterocycles. The summed E-state index contributed by atoms with van der Waals surface area (Å²) in [6, 6.07) is 14.0. The summed E-state index contributed by atoms with van der Waals surface area (Å²) in [5.74, 6) is 0.476. The van der Waals surface area contributed by atoms with Crippen molar-refractivity contribution in [2.24, 2.45) is 5.92 Å². The van der Waals surface area contributed by atoms with Gasteiger partial charge in [0.2, 0.25) is 5.91 Å². The zero-order chi connectivity index (χ0) is 20.1. The molecule has 4 rings (SSSR count). The summed E-state index contributed by atoms with van der Waals surface area (Å²) < 4.78 is 5.09. The zero-order valence-corrected chi connectivity index (χ0v) is 15.7. The highest BCUT2D eigenvalue weighted by atomic mass is 16.3. The Morgan fingerprint density at radius 3 is 2.69 bits per heavy atom. The van der Waals surface area contributed by atoms with Gasteiger partial charge in [-0.3, -0.25) is 9.59 Å². The number of carbonyl (C=O) groups is 2. The number of anilines is 3. The van der Waals surface area contributed by atoms with Crippen molar-refractivity contribution in [2.45, 2.75) is 12.8 Å². The lowest BCUT2D eigenvalue weighted by Gasteiger charge is -2.32. The van der Waals surface area contributed by atoms with Gasteiger partial charge in [0.05, 0.1) is 12.2 Å². The molecule has 2 amide bonds. The zero-order valence-electron chi connectivity index (χ0n) is 15.7. The first-order chi connectivity index (χ1) is 14.2. The predicted octanol–water partition coefficient (Wildman–Crippen LogP) is 3.18. The van der Waals surface area contributed by atoms with Crippen molar-refractivity contribution in [3.63, 3.8) is 0 Å². The van der Waals surface area contributed by atoms with E-state index >= 15 is 0 Å². The van der Waals surface area contributed by atoms with E-state index in [1.807, 2.05) is 12.1 Å². The number of benzene rings is 1. The molecule has 0 aliphatic carbocycles. The first kappa shape index (κ1) is 18.7.